The van der Waals surface area contributed by atoms with E-state index >= 15 is 0 Å². The average molecular weight is 354 g/mol. The molecular weight excluding hydrogens is 338 g/mol. The lowest BCUT2D eigenvalue weighted by atomic mass is 10.1. The van der Waals surface area contributed by atoms with Crippen molar-refractivity contribution < 1.29 is 25.6 Å². The van der Waals surface area contributed by atoms with Crippen LogP contribution in [0.2, 0.25) is 0 Å². The second-order valence-corrected chi connectivity index (χ2v) is 8.82. The lowest BCUT2D eigenvalue weighted by Gasteiger charge is -2.31. The summed E-state index contributed by atoms with van der Waals surface area (Å²) in [5, 5.41) is 0. The van der Waals surface area contributed by atoms with Gasteiger partial charge in [-0.1, -0.05) is 0 Å². The highest BCUT2D eigenvalue weighted by molar-refractivity contribution is 7.89. The number of hydrogen-bond donors (Lipinski definition) is 1. The van der Waals surface area contributed by atoms with E-state index in [2.05, 4.69) is 4.72 Å². The highest BCUT2D eigenvalue weighted by Crippen LogP contribution is 2.19. The monoisotopic (exact) mass is 354 g/mol. The number of benzene rings is 1. The molecule has 2 rings (SSSR count). The van der Waals surface area contributed by atoms with Crippen LogP contribution in [0.4, 0.5) is 8.78 Å². The van der Waals surface area contributed by atoms with Gasteiger partial charge in [-0.15, -0.1) is 0 Å². The highest BCUT2D eigenvalue weighted by atomic mass is 32.2. The summed E-state index contributed by atoms with van der Waals surface area (Å²) in [6.45, 7) is 0.278. The van der Waals surface area contributed by atoms with Gasteiger partial charge in [0.25, 0.3) is 0 Å². The zero-order chi connectivity index (χ0) is 16.5. The SMILES string of the molecule is CS(=O)(=O)N1CCCC(NS(=O)(=O)c2cc(F)ccc2F)C1. The molecule has 1 atom stereocenters. The van der Waals surface area contributed by atoms with Crippen molar-refractivity contribution in [3.63, 3.8) is 0 Å². The Morgan fingerprint density at radius 1 is 1.23 bits per heavy atom. The van der Waals surface area contributed by atoms with Crippen molar-refractivity contribution in [3.8, 4) is 0 Å². The number of rotatable bonds is 4. The number of nitrogens with zero attached hydrogens (tertiary/aromatic N) is 1. The summed E-state index contributed by atoms with van der Waals surface area (Å²) < 4.78 is 77.4. The van der Waals surface area contributed by atoms with Gasteiger partial charge in [-0.2, -0.15) is 0 Å². The first kappa shape index (κ1) is 17.3. The molecule has 1 aromatic rings. The quantitative estimate of drug-likeness (QED) is 0.861. The largest absolute Gasteiger partial charge is 0.243 e. The summed E-state index contributed by atoms with van der Waals surface area (Å²) in [5.41, 5.74) is 0. The molecule has 1 N–H and O–H groups in total. The first-order valence-corrected chi connectivity index (χ1v) is 9.85. The van der Waals surface area contributed by atoms with E-state index in [1.807, 2.05) is 0 Å². The third kappa shape index (κ3) is 4.00. The van der Waals surface area contributed by atoms with Crippen LogP contribution in [0.5, 0.6) is 0 Å². The first-order chi connectivity index (χ1) is 10.1. The minimum Gasteiger partial charge on any atom is -0.213 e. The van der Waals surface area contributed by atoms with E-state index < -0.39 is 42.6 Å². The molecule has 0 amide bonds. The van der Waals surface area contributed by atoms with Crippen molar-refractivity contribution >= 4 is 20.0 Å². The molecule has 0 radical (unpaired) electrons. The summed E-state index contributed by atoms with van der Waals surface area (Å²) in [6, 6.07) is 1.46. The van der Waals surface area contributed by atoms with E-state index in [1.165, 1.54) is 0 Å². The van der Waals surface area contributed by atoms with Crippen LogP contribution < -0.4 is 4.72 Å². The van der Waals surface area contributed by atoms with Crippen LogP contribution in [0.3, 0.4) is 0 Å². The molecule has 1 aromatic carbocycles. The smallest absolute Gasteiger partial charge is 0.213 e. The van der Waals surface area contributed by atoms with Crippen LogP contribution in [0.25, 0.3) is 0 Å². The Labute approximate surface area is 128 Å². The first-order valence-electron chi connectivity index (χ1n) is 6.52. The van der Waals surface area contributed by atoms with Gasteiger partial charge < -0.3 is 0 Å². The Morgan fingerprint density at radius 3 is 2.55 bits per heavy atom. The van der Waals surface area contributed by atoms with Gasteiger partial charge in [-0.25, -0.2) is 34.6 Å². The Bertz CT molecular complexity index is 765. The molecule has 6 nitrogen and oxygen atoms in total. The third-order valence-electron chi connectivity index (χ3n) is 3.36. The van der Waals surface area contributed by atoms with Gasteiger partial charge in [0.1, 0.15) is 16.5 Å². The van der Waals surface area contributed by atoms with Gasteiger partial charge in [0, 0.05) is 19.1 Å². The van der Waals surface area contributed by atoms with Crippen LogP contribution >= 0.6 is 0 Å². The van der Waals surface area contributed by atoms with Crippen LogP contribution in [0, 0.1) is 11.6 Å². The molecule has 1 heterocycles. The molecule has 0 aliphatic carbocycles. The Balaban J connectivity index is 2.20. The fourth-order valence-corrected chi connectivity index (χ4v) is 4.57. The summed E-state index contributed by atoms with van der Waals surface area (Å²) in [5.74, 6) is -1.94. The molecule has 0 saturated carbocycles. The zero-order valence-corrected chi connectivity index (χ0v) is 13.4. The van der Waals surface area contributed by atoms with Crippen molar-refractivity contribution in [3.05, 3.63) is 29.8 Å². The summed E-state index contributed by atoms with van der Waals surface area (Å²) in [7, 11) is -7.70. The van der Waals surface area contributed by atoms with E-state index in [9.17, 15) is 25.6 Å². The number of halogens is 2. The second-order valence-electron chi connectivity index (χ2n) is 5.16. The van der Waals surface area contributed by atoms with Gasteiger partial charge in [0.15, 0.2) is 0 Å². The van der Waals surface area contributed by atoms with Gasteiger partial charge in [0.05, 0.1) is 6.26 Å². The zero-order valence-electron chi connectivity index (χ0n) is 11.8. The lowest BCUT2D eigenvalue weighted by Crippen LogP contribution is -2.49. The summed E-state index contributed by atoms with van der Waals surface area (Å²) in [6.07, 6.45) is 1.93. The van der Waals surface area contributed by atoms with Crippen molar-refractivity contribution in [1.82, 2.24) is 9.03 Å². The van der Waals surface area contributed by atoms with E-state index in [4.69, 9.17) is 0 Å². The summed E-state index contributed by atoms with van der Waals surface area (Å²) >= 11 is 0. The molecule has 124 valence electrons. The maximum Gasteiger partial charge on any atom is 0.243 e. The van der Waals surface area contributed by atoms with E-state index in [1.54, 1.807) is 0 Å². The van der Waals surface area contributed by atoms with Crippen LogP contribution in [0.15, 0.2) is 23.1 Å². The van der Waals surface area contributed by atoms with Gasteiger partial charge in [0.2, 0.25) is 20.0 Å². The second kappa shape index (κ2) is 6.19. The topological polar surface area (TPSA) is 83.6 Å². The van der Waals surface area contributed by atoms with Crippen molar-refractivity contribution in [2.75, 3.05) is 19.3 Å². The molecular formula is C12H16F2N2O4S2. The van der Waals surface area contributed by atoms with Crippen molar-refractivity contribution in [2.24, 2.45) is 0 Å². The predicted octanol–water partition coefficient (Wildman–Crippen LogP) is 0.667. The minimum absolute atomic E-state index is 0.0327. The standard InChI is InChI=1S/C12H16F2N2O4S2/c1-21(17,18)16-6-2-3-10(8-16)15-22(19,20)12-7-9(13)4-5-11(12)14/h4-5,7,10,15H,2-3,6,8H2,1H3. The van der Waals surface area contributed by atoms with Gasteiger partial charge in [-0.05, 0) is 31.0 Å². The lowest BCUT2D eigenvalue weighted by molar-refractivity contribution is 0.305. The van der Waals surface area contributed by atoms with Crippen molar-refractivity contribution in [2.45, 2.75) is 23.8 Å². The van der Waals surface area contributed by atoms with Gasteiger partial charge in [-0.3, -0.25) is 0 Å². The highest BCUT2D eigenvalue weighted by Gasteiger charge is 2.30. The number of sulfonamides is 2. The molecule has 1 fully saturated rings. The molecule has 0 aromatic heterocycles. The Morgan fingerprint density at radius 2 is 1.91 bits per heavy atom. The minimum atomic E-state index is -4.27. The van der Waals surface area contributed by atoms with Crippen LogP contribution in [0.1, 0.15) is 12.8 Å². The molecule has 1 aliphatic heterocycles. The summed E-state index contributed by atoms with van der Waals surface area (Å²) in [4.78, 5) is -0.788. The van der Waals surface area contributed by atoms with E-state index in [0.717, 1.165) is 22.7 Å². The number of piperidine rings is 1. The molecule has 0 bridgehead atoms. The van der Waals surface area contributed by atoms with Crippen LogP contribution in [-0.2, 0) is 20.0 Å². The fraction of sp³-hybridized carbons (Fsp3) is 0.500. The number of hydrogen-bond acceptors (Lipinski definition) is 4. The molecule has 0 spiro atoms. The normalized spacial score (nSPS) is 21.0. The van der Waals surface area contributed by atoms with E-state index in [0.29, 0.717) is 25.5 Å². The van der Waals surface area contributed by atoms with Crippen molar-refractivity contribution in [1.29, 1.82) is 0 Å². The average Bonchev–Trinajstić information content (AvgIpc) is 2.40. The van der Waals surface area contributed by atoms with E-state index in [-0.39, 0.29) is 6.54 Å². The maximum atomic E-state index is 13.6. The van der Waals surface area contributed by atoms with Gasteiger partial charge >= 0.3 is 0 Å². The number of nitrogens with one attached hydrogen (secondary N) is 1. The molecule has 1 saturated heterocycles. The predicted molar refractivity (Wildman–Crippen MR) is 76.1 cm³/mol. The van der Waals surface area contributed by atoms with Crippen LogP contribution in [-0.4, -0.2) is 46.5 Å². The third-order valence-corrected chi connectivity index (χ3v) is 6.16. The molecule has 1 unspecified atom stereocenters. The fourth-order valence-electron chi connectivity index (χ4n) is 2.31. The Hall–Kier alpha value is -1.10. The molecule has 1 aliphatic rings. The molecule has 10 heteroatoms. The Kier molecular flexibility index (Phi) is 4.85. The maximum absolute atomic E-state index is 13.6. The molecule has 22 heavy (non-hydrogen) atoms.